The molecule has 0 atom stereocenters. The van der Waals surface area contributed by atoms with E-state index < -0.39 is 0 Å². The van der Waals surface area contributed by atoms with Gasteiger partial charge in [-0.3, -0.25) is 4.57 Å². The molecule has 0 saturated heterocycles. The molecule has 0 aliphatic heterocycles. The zero-order valence-electron chi connectivity index (χ0n) is 28.2. The second-order valence-corrected chi connectivity index (χ2v) is 14.8. The van der Waals surface area contributed by atoms with Gasteiger partial charge in [0.05, 0.1) is 26.9 Å². The Bertz CT molecular complexity index is 3460. The van der Waals surface area contributed by atoms with Crippen molar-refractivity contribution in [3.63, 3.8) is 0 Å². The van der Waals surface area contributed by atoms with Crippen LogP contribution in [0, 0.1) is 0 Å². The third-order valence-electron chi connectivity index (χ3n) is 10.8. The molecular formula is C48H27N3OS. The molecule has 0 fully saturated rings. The predicted octanol–water partition coefficient (Wildman–Crippen LogP) is 13.5. The molecule has 4 heterocycles. The van der Waals surface area contributed by atoms with Crippen LogP contribution in [-0.4, -0.2) is 14.5 Å². The third-order valence-corrected chi connectivity index (χ3v) is 12.0. The Morgan fingerprint density at radius 1 is 0.491 bits per heavy atom. The number of furan rings is 1. The SMILES string of the molecule is c1ccc(-c2cc3oc4c(-c5nc(-n6c7ccccc7c7cc8ccccc8cc76)nc6c5sc5ccccc56)cccc4c3c3ccccc23)cc1. The molecule has 12 rings (SSSR count). The van der Waals surface area contributed by atoms with Crippen molar-refractivity contribution in [2.45, 2.75) is 0 Å². The smallest absolute Gasteiger partial charge is 0.235 e. The molecular weight excluding hydrogens is 667 g/mol. The molecule has 0 saturated carbocycles. The molecule has 246 valence electrons. The highest BCUT2D eigenvalue weighted by Gasteiger charge is 2.23. The van der Waals surface area contributed by atoms with Crippen LogP contribution < -0.4 is 0 Å². The molecule has 53 heavy (non-hydrogen) atoms. The van der Waals surface area contributed by atoms with E-state index in [-0.39, 0.29) is 0 Å². The minimum atomic E-state index is 0.641. The largest absolute Gasteiger partial charge is 0.455 e. The molecule has 8 aromatic carbocycles. The first-order valence-electron chi connectivity index (χ1n) is 17.8. The summed E-state index contributed by atoms with van der Waals surface area (Å²) in [5.41, 5.74) is 8.94. The number of rotatable bonds is 3. The van der Waals surface area contributed by atoms with Crippen molar-refractivity contribution >= 4 is 96.9 Å². The van der Waals surface area contributed by atoms with Crippen LogP contribution >= 0.6 is 11.3 Å². The van der Waals surface area contributed by atoms with Gasteiger partial charge in [0.1, 0.15) is 11.2 Å². The normalized spacial score (nSPS) is 12.2. The average Bonchev–Trinajstić information content (AvgIpc) is 3.89. The van der Waals surface area contributed by atoms with E-state index in [1.165, 1.54) is 37.0 Å². The molecule has 0 N–H and O–H groups in total. The first-order chi connectivity index (χ1) is 26.3. The molecule has 0 radical (unpaired) electrons. The van der Waals surface area contributed by atoms with Crippen molar-refractivity contribution in [1.29, 1.82) is 0 Å². The fourth-order valence-corrected chi connectivity index (χ4v) is 9.58. The molecule has 12 aromatic rings. The van der Waals surface area contributed by atoms with Gasteiger partial charge in [0.15, 0.2) is 0 Å². The first kappa shape index (κ1) is 28.8. The summed E-state index contributed by atoms with van der Waals surface area (Å²) in [6.07, 6.45) is 0. The van der Waals surface area contributed by atoms with Crippen LogP contribution in [0.25, 0.3) is 114 Å². The number of nitrogens with zero attached hydrogens (tertiary/aromatic N) is 3. The zero-order valence-corrected chi connectivity index (χ0v) is 29.1. The van der Waals surface area contributed by atoms with Gasteiger partial charge in [-0.1, -0.05) is 127 Å². The summed E-state index contributed by atoms with van der Waals surface area (Å²) in [5.74, 6) is 0.641. The highest BCUT2D eigenvalue weighted by Crippen LogP contribution is 2.46. The second-order valence-electron chi connectivity index (χ2n) is 13.7. The summed E-state index contributed by atoms with van der Waals surface area (Å²) in [6, 6.07) is 58.2. The van der Waals surface area contributed by atoms with E-state index in [2.05, 4.69) is 168 Å². The Balaban J connectivity index is 1.20. The van der Waals surface area contributed by atoms with Crippen LogP contribution in [0.15, 0.2) is 168 Å². The molecule has 4 nitrogen and oxygen atoms in total. The molecule has 0 unspecified atom stereocenters. The lowest BCUT2D eigenvalue weighted by atomic mass is 9.94. The van der Waals surface area contributed by atoms with Crippen LogP contribution in [0.2, 0.25) is 0 Å². The standard InChI is InChI=1S/C48H27N3OS/c1-2-13-28(14-3-1)37-27-41-43(33-19-7-6-17-31(33)37)35-21-12-22-36(46(35)52-41)45-47-44(34-20-9-11-24-42(34)53-47)49-48(50-45)51-39-23-10-8-18-32(39)38-25-29-15-4-5-16-30(29)26-40(38)51/h1-27H. The molecule has 0 aliphatic rings. The fraction of sp³-hybridized carbons (Fsp3) is 0. The maximum atomic E-state index is 6.99. The number of fused-ring (bicyclic) bond motifs is 12. The van der Waals surface area contributed by atoms with Gasteiger partial charge in [-0.2, -0.15) is 0 Å². The maximum Gasteiger partial charge on any atom is 0.235 e. The van der Waals surface area contributed by atoms with Crippen molar-refractivity contribution in [3.8, 4) is 28.3 Å². The Labute approximate surface area is 306 Å². The number of benzene rings is 8. The average molecular weight is 694 g/mol. The molecule has 0 amide bonds. The minimum absolute atomic E-state index is 0.641. The van der Waals surface area contributed by atoms with E-state index >= 15 is 0 Å². The van der Waals surface area contributed by atoms with Crippen LogP contribution in [-0.2, 0) is 0 Å². The van der Waals surface area contributed by atoms with Crippen LogP contribution in [0.5, 0.6) is 0 Å². The second kappa shape index (κ2) is 10.8. The van der Waals surface area contributed by atoms with Crippen molar-refractivity contribution in [2.24, 2.45) is 0 Å². The van der Waals surface area contributed by atoms with Crippen molar-refractivity contribution in [2.75, 3.05) is 0 Å². The van der Waals surface area contributed by atoms with E-state index in [1.807, 2.05) is 0 Å². The number of hydrogen-bond donors (Lipinski definition) is 0. The maximum absolute atomic E-state index is 6.99. The van der Waals surface area contributed by atoms with Crippen molar-refractivity contribution in [1.82, 2.24) is 14.5 Å². The van der Waals surface area contributed by atoms with Crippen LogP contribution in [0.1, 0.15) is 0 Å². The van der Waals surface area contributed by atoms with Gasteiger partial charge >= 0.3 is 0 Å². The van der Waals surface area contributed by atoms with Gasteiger partial charge in [0.25, 0.3) is 0 Å². The van der Waals surface area contributed by atoms with Gasteiger partial charge < -0.3 is 4.42 Å². The number of aromatic nitrogens is 3. The molecule has 0 aliphatic carbocycles. The lowest BCUT2D eigenvalue weighted by molar-refractivity contribution is 0.670. The van der Waals surface area contributed by atoms with Gasteiger partial charge in [-0.05, 0) is 69.1 Å². The Morgan fingerprint density at radius 2 is 1.19 bits per heavy atom. The third kappa shape index (κ3) is 4.11. The topological polar surface area (TPSA) is 43.9 Å². The van der Waals surface area contributed by atoms with Gasteiger partial charge in [0.2, 0.25) is 5.95 Å². The van der Waals surface area contributed by atoms with Crippen molar-refractivity contribution < 1.29 is 4.42 Å². The number of para-hydroxylation sites is 2. The Kier molecular flexibility index (Phi) is 5.90. The number of thiophene rings is 1. The van der Waals surface area contributed by atoms with Crippen molar-refractivity contribution in [3.05, 3.63) is 164 Å². The lowest BCUT2D eigenvalue weighted by Crippen LogP contribution is -2.02. The minimum Gasteiger partial charge on any atom is -0.455 e. The van der Waals surface area contributed by atoms with E-state index in [0.29, 0.717) is 5.95 Å². The highest BCUT2D eigenvalue weighted by molar-refractivity contribution is 7.26. The molecule has 0 bridgehead atoms. The fourth-order valence-electron chi connectivity index (χ4n) is 8.44. The van der Waals surface area contributed by atoms with E-state index in [0.717, 1.165) is 71.0 Å². The monoisotopic (exact) mass is 693 g/mol. The van der Waals surface area contributed by atoms with Gasteiger partial charge in [0, 0.05) is 37.2 Å². The van der Waals surface area contributed by atoms with Gasteiger partial charge in [-0.25, -0.2) is 9.97 Å². The van der Waals surface area contributed by atoms with E-state index in [9.17, 15) is 0 Å². The summed E-state index contributed by atoms with van der Waals surface area (Å²) in [5, 5.41) is 10.4. The number of hydrogen-bond acceptors (Lipinski definition) is 4. The van der Waals surface area contributed by atoms with E-state index in [4.69, 9.17) is 14.4 Å². The molecule has 0 spiro atoms. The zero-order chi connectivity index (χ0) is 34.6. The Morgan fingerprint density at radius 3 is 2.06 bits per heavy atom. The summed E-state index contributed by atoms with van der Waals surface area (Å²) in [4.78, 5) is 11.0. The van der Waals surface area contributed by atoms with Crippen LogP contribution in [0.3, 0.4) is 0 Å². The summed E-state index contributed by atoms with van der Waals surface area (Å²) in [6.45, 7) is 0. The lowest BCUT2D eigenvalue weighted by Gasteiger charge is -2.10. The first-order valence-corrected chi connectivity index (χ1v) is 18.6. The van der Waals surface area contributed by atoms with Gasteiger partial charge in [-0.15, -0.1) is 11.3 Å². The van der Waals surface area contributed by atoms with E-state index in [1.54, 1.807) is 11.3 Å². The summed E-state index contributed by atoms with van der Waals surface area (Å²) < 4.78 is 11.5. The molecule has 4 aromatic heterocycles. The Hall–Kier alpha value is -6.82. The summed E-state index contributed by atoms with van der Waals surface area (Å²) >= 11 is 1.74. The highest BCUT2D eigenvalue weighted by atomic mass is 32.1. The molecule has 5 heteroatoms. The quantitative estimate of drug-likeness (QED) is 0.185. The predicted molar refractivity (Wildman–Crippen MR) is 222 cm³/mol. The van der Waals surface area contributed by atoms with Crippen LogP contribution in [0.4, 0.5) is 0 Å². The summed E-state index contributed by atoms with van der Waals surface area (Å²) in [7, 11) is 0.